The van der Waals surface area contributed by atoms with Crippen LogP contribution in [0.3, 0.4) is 0 Å². The molecule has 0 unspecified atom stereocenters. The summed E-state index contributed by atoms with van der Waals surface area (Å²) in [4.78, 5) is 32.8. The Hall–Kier alpha value is -3.52. The third-order valence-corrected chi connectivity index (χ3v) is 6.67. The third kappa shape index (κ3) is 4.72. The van der Waals surface area contributed by atoms with Crippen molar-refractivity contribution in [2.24, 2.45) is 0 Å². The van der Waals surface area contributed by atoms with Gasteiger partial charge in [-0.25, -0.2) is 9.67 Å². The van der Waals surface area contributed by atoms with Crippen molar-refractivity contribution in [1.29, 1.82) is 0 Å². The fraction of sp³-hybridized carbons (Fsp3) is 0.308. The van der Waals surface area contributed by atoms with Crippen molar-refractivity contribution in [3.63, 3.8) is 0 Å². The lowest BCUT2D eigenvalue weighted by Gasteiger charge is -2.13. The molecule has 3 aromatic heterocycles. The molecule has 0 bridgehead atoms. The molecule has 0 fully saturated rings. The number of carbonyl (C=O) groups is 2. The average Bonchev–Trinajstić information content (AvgIpc) is 3.40. The topological polar surface area (TPSA) is 88.9 Å². The summed E-state index contributed by atoms with van der Waals surface area (Å²) in [6, 6.07) is 9.95. The second-order valence-electron chi connectivity index (χ2n) is 8.89. The highest BCUT2D eigenvalue weighted by Crippen LogP contribution is 2.30. The van der Waals surface area contributed by atoms with E-state index < -0.39 is 0 Å². The number of hydrogen-bond donors (Lipinski definition) is 2. The number of thiophene rings is 1. The van der Waals surface area contributed by atoms with Gasteiger partial charge in [0.1, 0.15) is 0 Å². The molecule has 3 heterocycles. The molecule has 2 amide bonds. The molecule has 0 saturated heterocycles. The molecule has 0 radical (unpaired) electrons. The van der Waals surface area contributed by atoms with Crippen LogP contribution in [0.25, 0.3) is 21.6 Å². The summed E-state index contributed by atoms with van der Waals surface area (Å²) in [6.45, 7) is 11.9. The maximum absolute atomic E-state index is 13.2. The van der Waals surface area contributed by atoms with E-state index in [1.54, 1.807) is 23.6 Å². The molecule has 1 aromatic carbocycles. The molecule has 8 heteroatoms. The van der Waals surface area contributed by atoms with Crippen molar-refractivity contribution in [2.75, 3.05) is 11.9 Å². The minimum Gasteiger partial charge on any atom is -0.343 e. The lowest BCUT2D eigenvalue weighted by atomic mass is 10.1. The maximum Gasteiger partial charge on any atom is 0.252 e. The van der Waals surface area contributed by atoms with Crippen LogP contribution in [-0.4, -0.2) is 33.1 Å². The van der Waals surface area contributed by atoms with Crippen molar-refractivity contribution in [2.45, 2.75) is 47.6 Å². The van der Waals surface area contributed by atoms with Gasteiger partial charge >= 0.3 is 0 Å². The number of anilines is 1. The summed E-state index contributed by atoms with van der Waals surface area (Å²) < 4.78 is 1.81. The van der Waals surface area contributed by atoms with Gasteiger partial charge in [0.2, 0.25) is 5.91 Å². The average molecular weight is 476 g/mol. The van der Waals surface area contributed by atoms with E-state index in [1.807, 2.05) is 70.5 Å². The number of hydrogen-bond acceptors (Lipinski definition) is 5. The quantitative estimate of drug-likeness (QED) is 0.394. The Balaban J connectivity index is 1.60. The van der Waals surface area contributed by atoms with Crippen LogP contribution in [0.5, 0.6) is 0 Å². The summed E-state index contributed by atoms with van der Waals surface area (Å²) in [5, 5.41) is 10.8. The van der Waals surface area contributed by atoms with Gasteiger partial charge in [0.05, 0.1) is 34.3 Å². The molecule has 0 aliphatic carbocycles. The molecule has 4 rings (SSSR count). The lowest BCUT2D eigenvalue weighted by molar-refractivity contribution is -0.115. The van der Waals surface area contributed by atoms with Gasteiger partial charge in [-0.1, -0.05) is 17.7 Å². The van der Waals surface area contributed by atoms with Crippen LogP contribution < -0.4 is 10.6 Å². The highest BCUT2D eigenvalue weighted by molar-refractivity contribution is 7.15. The predicted molar refractivity (Wildman–Crippen MR) is 138 cm³/mol. The summed E-state index contributed by atoms with van der Waals surface area (Å²) in [5.74, 6) is -0.613. The first-order chi connectivity index (χ1) is 16.1. The summed E-state index contributed by atoms with van der Waals surface area (Å²) in [6.07, 6.45) is 1.67. The van der Waals surface area contributed by atoms with Crippen LogP contribution in [-0.2, 0) is 4.79 Å². The van der Waals surface area contributed by atoms with Gasteiger partial charge in [-0.15, -0.1) is 11.3 Å². The molecular weight excluding hydrogens is 446 g/mol. The standard InChI is InChI=1S/C26H29N5O2S/c1-14(2)31-25-20(12-28-31)19(11-21(29-25)22-8-7-18(6)34-22)26(33)27-13-23(32)30-24-16(4)9-15(3)10-17(24)5/h7-12,14H,13H2,1-6H3,(H,27,33)(H,30,32). The highest BCUT2D eigenvalue weighted by Gasteiger charge is 2.20. The molecule has 0 saturated carbocycles. The molecule has 0 aliphatic heterocycles. The van der Waals surface area contributed by atoms with Crippen LogP contribution in [0, 0.1) is 27.7 Å². The zero-order valence-corrected chi connectivity index (χ0v) is 21.1. The number of pyridine rings is 1. The smallest absolute Gasteiger partial charge is 0.252 e. The van der Waals surface area contributed by atoms with Crippen molar-refractivity contribution < 1.29 is 9.59 Å². The van der Waals surface area contributed by atoms with E-state index in [2.05, 4.69) is 15.7 Å². The number of amides is 2. The van der Waals surface area contributed by atoms with Crippen LogP contribution >= 0.6 is 11.3 Å². The normalized spacial score (nSPS) is 11.3. The largest absolute Gasteiger partial charge is 0.343 e. The number of nitrogens with one attached hydrogen (secondary N) is 2. The second-order valence-corrected chi connectivity index (χ2v) is 10.2. The Morgan fingerprint density at radius 1 is 1.06 bits per heavy atom. The van der Waals surface area contributed by atoms with E-state index in [0.717, 1.165) is 27.3 Å². The van der Waals surface area contributed by atoms with Crippen molar-refractivity contribution >= 4 is 39.9 Å². The monoisotopic (exact) mass is 475 g/mol. The van der Waals surface area contributed by atoms with Crippen molar-refractivity contribution in [1.82, 2.24) is 20.1 Å². The first kappa shape index (κ1) is 23.6. The molecule has 176 valence electrons. The third-order valence-electron chi connectivity index (χ3n) is 5.64. The van der Waals surface area contributed by atoms with Crippen LogP contribution in [0.1, 0.15) is 51.8 Å². The Labute approximate surface area is 203 Å². The minimum atomic E-state index is -0.335. The number of nitrogens with zero attached hydrogens (tertiary/aromatic N) is 3. The van der Waals surface area contributed by atoms with Gasteiger partial charge in [-0.05, 0) is 70.9 Å². The number of carbonyl (C=O) groups excluding carboxylic acids is 2. The molecule has 0 atom stereocenters. The predicted octanol–water partition coefficient (Wildman–Crippen LogP) is 5.34. The number of benzene rings is 1. The summed E-state index contributed by atoms with van der Waals surface area (Å²) in [5.41, 5.74) is 5.72. The Kier molecular flexibility index (Phi) is 6.52. The van der Waals surface area contributed by atoms with Crippen molar-refractivity contribution in [3.8, 4) is 10.6 Å². The van der Waals surface area contributed by atoms with E-state index >= 15 is 0 Å². The molecule has 34 heavy (non-hydrogen) atoms. The van der Waals surface area contributed by atoms with Crippen LogP contribution in [0.15, 0.2) is 36.5 Å². The fourth-order valence-electron chi connectivity index (χ4n) is 4.10. The van der Waals surface area contributed by atoms with Gasteiger partial charge < -0.3 is 10.6 Å². The van der Waals surface area contributed by atoms with Crippen LogP contribution in [0.4, 0.5) is 5.69 Å². The Morgan fingerprint density at radius 2 is 1.76 bits per heavy atom. The van der Waals surface area contributed by atoms with E-state index in [9.17, 15) is 9.59 Å². The molecule has 0 spiro atoms. The summed E-state index contributed by atoms with van der Waals surface area (Å²) >= 11 is 1.62. The van der Waals surface area contributed by atoms with E-state index in [4.69, 9.17) is 4.98 Å². The fourth-order valence-corrected chi connectivity index (χ4v) is 4.93. The first-order valence-electron chi connectivity index (χ1n) is 11.2. The second kappa shape index (κ2) is 9.38. The van der Waals surface area contributed by atoms with Gasteiger partial charge in [0.15, 0.2) is 5.65 Å². The zero-order chi connectivity index (χ0) is 24.6. The Bertz CT molecular complexity index is 1380. The zero-order valence-electron chi connectivity index (χ0n) is 20.3. The number of fused-ring (bicyclic) bond motifs is 1. The number of rotatable bonds is 6. The van der Waals surface area contributed by atoms with E-state index in [-0.39, 0.29) is 24.4 Å². The molecule has 2 N–H and O–H groups in total. The molecule has 7 nitrogen and oxygen atoms in total. The van der Waals surface area contributed by atoms with Gasteiger partial charge in [-0.3, -0.25) is 9.59 Å². The SMILES string of the molecule is Cc1cc(C)c(NC(=O)CNC(=O)c2cc(-c3ccc(C)s3)nc3c2cnn3C(C)C)c(C)c1. The Morgan fingerprint density at radius 3 is 2.38 bits per heavy atom. The van der Waals surface area contributed by atoms with E-state index in [1.165, 1.54) is 4.88 Å². The van der Waals surface area contributed by atoms with Crippen molar-refractivity contribution in [3.05, 3.63) is 63.7 Å². The maximum atomic E-state index is 13.2. The number of aryl methyl sites for hydroxylation is 4. The lowest BCUT2D eigenvalue weighted by Crippen LogP contribution is -2.33. The molecular formula is C26H29N5O2S. The number of aromatic nitrogens is 3. The van der Waals surface area contributed by atoms with Crippen LogP contribution in [0.2, 0.25) is 0 Å². The summed E-state index contributed by atoms with van der Waals surface area (Å²) in [7, 11) is 0. The molecule has 4 aromatic rings. The van der Waals surface area contributed by atoms with Gasteiger partial charge in [-0.2, -0.15) is 5.10 Å². The van der Waals surface area contributed by atoms with Gasteiger partial charge in [0.25, 0.3) is 5.91 Å². The van der Waals surface area contributed by atoms with E-state index in [0.29, 0.717) is 22.3 Å². The first-order valence-corrected chi connectivity index (χ1v) is 12.1. The van der Waals surface area contributed by atoms with Gasteiger partial charge in [0, 0.05) is 16.6 Å². The molecule has 0 aliphatic rings. The minimum absolute atomic E-state index is 0.0907. The highest BCUT2D eigenvalue weighted by atomic mass is 32.1.